The second-order valence-corrected chi connectivity index (χ2v) is 10.6. The molecule has 6 nitrogen and oxygen atoms in total. The Balaban J connectivity index is 1.16. The lowest BCUT2D eigenvalue weighted by atomic mass is 10.1. The van der Waals surface area contributed by atoms with Crippen LogP contribution < -0.4 is 4.90 Å². The monoisotopic (exact) mass is 500 g/mol. The number of carbonyl (C=O) groups excluding carboxylic acids is 1. The molecule has 3 aromatic rings. The van der Waals surface area contributed by atoms with Gasteiger partial charge in [-0.25, -0.2) is 18.6 Å². The minimum absolute atomic E-state index is 0.0685. The van der Waals surface area contributed by atoms with E-state index >= 15 is 0 Å². The van der Waals surface area contributed by atoms with Crippen LogP contribution in [-0.2, 0) is 11.3 Å². The van der Waals surface area contributed by atoms with Gasteiger partial charge in [-0.15, -0.1) is 0 Å². The molecule has 5 rings (SSSR count). The number of ether oxygens (including phenoxy) is 1. The molecule has 0 N–H and O–H groups in total. The molecular weight excluding hydrogens is 470 g/mol. The Morgan fingerprint density at radius 3 is 2.40 bits per heavy atom. The minimum atomic E-state index is -0.894. The summed E-state index contributed by atoms with van der Waals surface area (Å²) in [6.45, 7) is 7.90. The van der Waals surface area contributed by atoms with E-state index in [2.05, 4.69) is 39.0 Å². The maximum atomic E-state index is 13.6. The lowest BCUT2D eigenvalue weighted by molar-refractivity contribution is 0.0101. The van der Waals surface area contributed by atoms with Gasteiger partial charge in [0.2, 0.25) is 0 Å². The summed E-state index contributed by atoms with van der Waals surface area (Å²) in [6.07, 6.45) is 1.33. The number of thiazole rings is 1. The van der Waals surface area contributed by atoms with Crippen LogP contribution in [0.25, 0.3) is 10.2 Å². The SMILES string of the molecule is C[C@@H]1CN(c2nc3cc(F)c(F)cc3s2)C[C@H](C)N1C(=O)OC1CCN(Cc2ccccc2)CC1. The molecule has 9 heteroatoms. The number of likely N-dealkylation sites (tertiary alicyclic amines) is 1. The largest absolute Gasteiger partial charge is 0.446 e. The number of rotatable bonds is 4. The molecule has 1 aromatic heterocycles. The first-order valence-corrected chi connectivity index (χ1v) is 12.9. The van der Waals surface area contributed by atoms with Crippen LogP contribution in [0.1, 0.15) is 32.3 Å². The molecule has 0 unspecified atom stereocenters. The molecular formula is C26H30F2N4O2S. The maximum Gasteiger partial charge on any atom is 0.410 e. The summed E-state index contributed by atoms with van der Waals surface area (Å²) in [6, 6.07) is 12.6. The van der Waals surface area contributed by atoms with Gasteiger partial charge in [0.05, 0.1) is 22.3 Å². The quantitative estimate of drug-likeness (QED) is 0.488. The van der Waals surface area contributed by atoms with Gasteiger partial charge in [0.25, 0.3) is 0 Å². The van der Waals surface area contributed by atoms with E-state index in [1.54, 1.807) is 0 Å². The highest BCUT2D eigenvalue weighted by Gasteiger charge is 2.36. The average Bonchev–Trinajstić information content (AvgIpc) is 3.23. The number of hydrogen-bond donors (Lipinski definition) is 0. The zero-order valence-electron chi connectivity index (χ0n) is 20.0. The Bertz CT molecular complexity index is 1130. The third-order valence-electron chi connectivity index (χ3n) is 6.87. The standard InChI is InChI=1S/C26H30F2N4O2S/c1-17-14-31(25-29-23-12-21(27)22(28)13-24(23)35-25)15-18(2)32(17)26(33)34-20-8-10-30(11-9-20)16-19-6-4-3-5-7-19/h3-7,12-13,17-18,20H,8-11,14-16H2,1-2H3/t17-,18+. The van der Waals surface area contributed by atoms with E-state index in [9.17, 15) is 13.6 Å². The van der Waals surface area contributed by atoms with Gasteiger partial charge >= 0.3 is 6.09 Å². The van der Waals surface area contributed by atoms with Gasteiger partial charge in [-0.3, -0.25) is 9.80 Å². The molecule has 3 heterocycles. The molecule has 0 bridgehead atoms. The second kappa shape index (κ2) is 10.1. The number of piperidine rings is 1. The van der Waals surface area contributed by atoms with Gasteiger partial charge in [0.1, 0.15) is 6.10 Å². The number of hydrogen-bond acceptors (Lipinski definition) is 6. The smallest absolute Gasteiger partial charge is 0.410 e. The third kappa shape index (κ3) is 5.26. The van der Waals surface area contributed by atoms with Crippen LogP contribution in [0.15, 0.2) is 42.5 Å². The number of carbonyl (C=O) groups is 1. The van der Waals surface area contributed by atoms with Crippen molar-refractivity contribution < 1.29 is 18.3 Å². The maximum absolute atomic E-state index is 13.6. The molecule has 2 aliphatic heterocycles. The van der Waals surface area contributed by atoms with Crippen molar-refractivity contribution >= 4 is 32.8 Å². The Morgan fingerprint density at radius 1 is 1.06 bits per heavy atom. The Labute approximate surface area is 208 Å². The Hall–Kier alpha value is -2.78. The fraction of sp³-hybridized carbons (Fsp3) is 0.462. The van der Waals surface area contributed by atoms with Crippen LogP contribution in [0.2, 0.25) is 0 Å². The molecule has 0 radical (unpaired) electrons. The average molecular weight is 501 g/mol. The van der Waals surface area contributed by atoms with Crippen molar-refractivity contribution in [2.45, 2.75) is 51.4 Å². The molecule has 0 aliphatic carbocycles. The fourth-order valence-corrected chi connectivity index (χ4v) is 6.11. The summed E-state index contributed by atoms with van der Waals surface area (Å²) in [5.41, 5.74) is 1.75. The number of halogens is 2. The van der Waals surface area contributed by atoms with E-state index < -0.39 is 11.6 Å². The van der Waals surface area contributed by atoms with Crippen molar-refractivity contribution in [2.75, 3.05) is 31.1 Å². The van der Waals surface area contributed by atoms with E-state index in [4.69, 9.17) is 4.74 Å². The summed E-state index contributed by atoms with van der Waals surface area (Å²) in [5.74, 6) is -1.76. The van der Waals surface area contributed by atoms with Crippen molar-refractivity contribution in [3.05, 3.63) is 59.7 Å². The molecule has 2 atom stereocenters. The van der Waals surface area contributed by atoms with Crippen LogP contribution in [0.5, 0.6) is 0 Å². The number of nitrogens with zero attached hydrogens (tertiary/aromatic N) is 4. The predicted molar refractivity (Wildman–Crippen MR) is 134 cm³/mol. The molecule has 1 amide bonds. The van der Waals surface area contributed by atoms with Gasteiger partial charge in [-0.05, 0) is 38.3 Å². The lowest BCUT2D eigenvalue weighted by Crippen LogP contribution is -2.59. The molecule has 2 fully saturated rings. The molecule has 35 heavy (non-hydrogen) atoms. The lowest BCUT2D eigenvalue weighted by Gasteiger charge is -2.44. The van der Waals surface area contributed by atoms with Gasteiger partial charge in [0.15, 0.2) is 16.8 Å². The zero-order valence-corrected chi connectivity index (χ0v) is 20.8. The summed E-state index contributed by atoms with van der Waals surface area (Å²) < 4.78 is 33.7. The first kappa shape index (κ1) is 23.9. The molecule has 2 aromatic carbocycles. The highest BCUT2D eigenvalue weighted by atomic mass is 32.1. The van der Waals surface area contributed by atoms with E-state index in [-0.39, 0.29) is 24.3 Å². The van der Waals surface area contributed by atoms with Crippen molar-refractivity contribution in [3.63, 3.8) is 0 Å². The molecule has 0 saturated carbocycles. The second-order valence-electron chi connectivity index (χ2n) is 9.59. The van der Waals surface area contributed by atoms with Crippen molar-refractivity contribution in [1.82, 2.24) is 14.8 Å². The molecule has 2 aliphatic rings. The Kier molecular flexibility index (Phi) is 6.88. The van der Waals surface area contributed by atoms with E-state index in [1.165, 1.54) is 23.0 Å². The summed E-state index contributed by atoms with van der Waals surface area (Å²) in [4.78, 5) is 23.9. The van der Waals surface area contributed by atoms with Gasteiger partial charge in [-0.1, -0.05) is 41.7 Å². The third-order valence-corrected chi connectivity index (χ3v) is 7.95. The van der Waals surface area contributed by atoms with Gasteiger partial charge in [-0.2, -0.15) is 0 Å². The number of aromatic nitrogens is 1. The summed E-state index contributed by atoms with van der Waals surface area (Å²) >= 11 is 1.34. The van der Waals surface area contributed by atoms with Gasteiger partial charge < -0.3 is 9.64 Å². The summed E-state index contributed by atoms with van der Waals surface area (Å²) in [7, 11) is 0. The van der Waals surface area contributed by atoms with Crippen LogP contribution in [0.3, 0.4) is 0 Å². The molecule has 186 valence electrons. The topological polar surface area (TPSA) is 48.9 Å². The predicted octanol–water partition coefficient (Wildman–Crippen LogP) is 5.27. The number of amides is 1. The van der Waals surface area contributed by atoms with Crippen molar-refractivity contribution in [3.8, 4) is 0 Å². The fourth-order valence-electron chi connectivity index (χ4n) is 5.12. The molecule has 0 spiro atoms. The zero-order chi connectivity index (χ0) is 24.5. The van der Waals surface area contributed by atoms with Crippen LogP contribution in [-0.4, -0.2) is 65.2 Å². The Morgan fingerprint density at radius 2 is 1.71 bits per heavy atom. The number of benzene rings is 2. The van der Waals surface area contributed by atoms with E-state index in [0.29, 0.717) is 28.4 Å². The highest BCUT2D eigenvalue weighted by molar-refractivity contribution is 7.22. The van der Waals surface area contributed by atoms with Gasteiger partial charge in [0, 0.05) is 38.8 Å². The minimum Gasteiger partial charge on any atom is -0.446 e. The van der Waals surface area contributed by atoms with Crippen LogP contribution in [0.4, 0.5) is 18.7 Å². The van der Waals surface area contributed by atoms with Crippen molar-refractivity contribution in [1.29, 1.82) is 0 Å². The normalized spacial score (nSPS) is 22.1. The van der Waals surface area contributed by atoms with Crippen LogP contribution >= 0.6 is 11.3 Å². The number of anilines is 1. The molecule has 2 saturated heterocycles. The highest BCUT2D eigenvalue weighted by Crippen LogP contribution is 2.33. The van der Waals surface area contributed by atoms with E-state index in [1.807, 2.05) is 24.8 Å². The van der Waals surface area contributed by atoms with Crippen molar-refractivity contribution in [2.24, 2.45) is 0 Å². The number of fused-ring (bicyclic) bond motifs is 1. The van der Waals surface area contributed by atoms with Crippen LogP contribution in [0, 0.1) is 11.6 Å². The number of piperazine rings is 1. The first-order valence-electron chi connectivity index (χ1n) is 12.1. The first-order chi connectivity index (χ1) is 16.9. The summed E-state index contributed by atoms with van der Waals surface area (Å²) in [5, 5.41) is 0.711. The van der Waals surface area contributed by atoms with E-state index in [0.717, 1.165) is 38.5 Å².